The van der Waals surface area contributed by atoms with Gasteiger partial charge in [-0.05, 0) is 6.07 Å². The molecule has 0 aromatic carbocycles. The van der Waals surface area contributed by atoms with Gasteiger partial charge in [-0.1, -0.05) is 0 Å². The van der Waals surface area contributed by atoms with Crippen LogP contribution in [0.3, 0.4) is 0 Å². The van der Waals surface area contributed by atoms with Gasteiger partial charge in [0.25, 0.3) is 6.47 Å². The molecule has 0 spiro atoms. The van der Waals surface area contributed by atoms with Crippen molar-refractivity contribution in [1.82, 2.24) is 5.01 Å². The Bertz CT molecular complexity index is 553. The van der Waals surface area contributed by atoms with E-state index in [-0.39, 0.29) is 25.4 Å². The van der Waals surface area contributed by atoms with E-state index < -0.39 is 23.0 Å². The number of hydrazone groups is 1. The Kier molecular flexibility index (Phi) is 3.93. The lowest BCUT2D eigenvalue weighted by Crippen LogP contribution is -2.21. The van der Waals surface area contributed by atoms with Crippen LogP contribution >= 0.6 is 0 Å². The fourth-order valence-electron chi connectivity index (χ4n) is 1.47. The minimum absolute atomic E-state index is 0.0620. The Morgan fingerprint density at radius 2 is 2.40 bits per heavy atom. The molecule has 2 heterocycles. The molecule has 106 valence electrons. The van der Waals surface area contributed by atoms with Crippen molar-refractivity contribution in [2.45, 2.75) is 6.10 Å². The first kappa shape index (κ1) is 13.5. The van der Waals surface area contributed by atoms with E-state index in [9.17, 15) is 19.7 Å². The van der Waals surface area contributed by atoms with Gasteiger partial charge in [0, 0.05) is 0 Å². The highest BCUT2D eigenvalue weighted by molar-refractivity contribution is 5.78. The van der Waals surface area contributed by atoms with E-state index in [1.807, 2.05) is 0 Å². The van der Waals surface area contributed by atoms with Gasteiger partial charge in [-0.25, -0.2) is 4.79 Å². The number of cyclic esters (lactones) is 1. The van der Waals surface area contributed by atoms with Crippen LogP contribution in [-0.4, -0.2) is 48.0 Å². The molecule has 1 unspecified atom stereocenters. The number of hydrogen-bond acceptors (Lipinski definition) is 8. The van der Waals surface area contributed by atoms with Crippen molar-refractivity contribution in [3.8, 4) is 0 Å². The Labute approximate surface area is 111 Å². The van der Waals surface area contributed by atoms with Crippen molar-refractivity contribution in [3.63, 3.8) is 0 Å². The minimum Gasteiger partial charge on any atom is -0.464 e. The highest BCUT2D eigenvalue weighted by atomic mass is 16.6. The number of hydrogen-bond donors (Lipinski definition) is 0. The number of ether oxygens (including phenoxy) is 2. The second-order valence-corrected chi connectivity index (χ2v) is 3.70. The number of carbonyl (C=O) groups is 2. The monoisotopic (exact) mass is 283 g/mol. The van der Waals surface area contributed by atoms with Crippen molar-refractivity contribution in [1.29, 1.82) is 0 Å². The number of amides is 1. The molecule has 0 radical (unpaired) electrons. The Balaban J connectivity index is 1.95. The van der Waals surface area contributed by atoms with Crippen LogP contribution in [0.25, 0.3) is 0 Å². The van der Waals surface area contributed by atoms with Gasteiger partial charge in [-0.2, -0.15) is 10.1 Å². The van der Waals surface area contributed by atoms with Gasteiger partial charge in [0.15, 0.2) is 11.9 Å². The molecule has 2 rings (SSSR count). The van der Waals surface area contributed by atoms with Crippen LogP contribution in [0.15, 0.2) is 21.7 Å². The molecule has 1 fully saturated rings. The lowest BCUT2D eigenvalue weighted by molar-refractivity contribution is -0.402. The molecule has 1 amide bonds. The van der Waals surface area contributed by atoms with Gasteiger partial charge >= 0.3 is 12.0 Å². The van der Waals surface area contributed by atoms with Crippen LogP contribution in [0.1, 0.15) is 5.76 Å². The third-order valence-corrected chi connectivity index (χ3v) is 2.32. The number of nitro groups is 1. The maximum Gasteiger partial charge on any atom is 0.433 e. The SMILES string of the molecule is O=COCC1CN(N=Cc2ccc([N+](=O)[O-])o2)C(=O)O1. The van der Waals surface area contributed by atoms with Crippen molar-refractivity contribution < 1.29 is 28.4 Å². The molecule has 20 heavy (non-hydrogen) atoms. The van der Waals surface area contributed by atoms with Crippen molar-refractivity contribution >= 4 is 24.7 Å². The van der Waals surface area contributed by atoms with E-state index in [1.165, 1.54) is 12.1 Å². The highest BCUT2D eigenvalue weighted by Crippen LogP contribution is 2.15. The Morgan fingerprint density at radius 3 is 3.05 bits per heavy atom. The van der Waals surface area contributed by atoms with E-state index in [0.29, 0.717) is 0 Å². The van der Waals surface area contributed by atoms with Gasteiger partial charge in [0.2, 0.25) is 0 Å². The highest BCUT2D eigenvalue weighted by Gasteiger charge is 2.31. The van der Waals surface area contributed by atoms with Gasteiger partial charge in [0.05, 0.1) is 18.8 Å². The van der Waals surface area contributed by atoms with Crippen LogP contribution < -0.4 is 0 Å². The molecule has 0 aliphatic carbocycles. The van der Waals surface area contributed by atoms with Crippen molar-refractivity contribution in [2.75, 3.05) is 13.2 Å². The number of rotatable bonds is 6. The summed E-state index contributed by atoms with van der Waals surface area (Å²) >= 11 is 0. The first-order valence-electron chi connectivity index (χ1n) is 5.41. The van der Waals surface area contributed by atoms with E-state index in [4.69, 9.17) is 9.15 Å². The second-order valence-electron chi connectivity index (χ2n) is 3.70. The molecule has 1 aromatic rings. The van der Waals surface area contributed by atoms with E-state index in [2.05, 4.69) is 9.84 Å². The molecule has 1 aliphatic heterocycles. The first-order valence-corrected chi connectivity index (χ1v) is 5.41. The lowest BCUT2D eigenvalue weighted by Gasteiger charge is -2.04. The number of carbonyl (C=O) groups excluding carboxylic acids is 2. The predicted octanol–water partition coefficient (Wildman–Crippen LogP) is 0.515. The quantitative estimate of drug-likeness (QED) is 0.322. The van der Waals surface area contributed by atoms with E-state index in [0.717, 1.165) is 11.2 Å². The molecule has 0 bridgehead atoms. The molecule has 1 atom stereocenters. The molecule has 1 aliphatic rings. The molecular formula is C10H9N3O7. The van der Waals surface area contributed by atoms with Crippen LogP contribution in [0.4, 0.5) is 10.7 Å². The van der Waals surface area contributed by atoms with E-state index >= 15 is 0 Å². The van der Waals surface area contributed by atoms with Crippen LogP contribution in [-0.2, 0) is 14.3 Å². The maximum absolute atomic E-state index is 11.4. The van der Waals surface area contributed by atoms with Crippen LogP contribution in [0, 0.1) is 10.1 Å². The van der Waals surface area contributed by atoms with Crippen LogP contribution in [0.5, 0.6) is 0 Å². The molecule has 1 saturated heterocycles. The largest absolute Gasteiger partial charge is 0.464 e. The molecule has 0 N–H and O–H groups in total. The zero-order valence-corrected chi connectivity index (χ0v) is 10.0. The molecule has 1 aromatic heterocycles. The third kappa shape index (κ3) is 3.10. The maximum atomic E-state index is 11.4. The molecule has 0 saturated carbocycles. The minimum atomic E-state index is -0.707. The Hall–Kier alpha value is -2.91. The average Bonchev–Trinajstić information content (AvgIpc) is 3.01. The smallest absolute Gasteiger partial charge is 0.433 e. The molecule has 10 nitrogen and oxygen atoms in total. The molecule has 10 heteroatoms. The predicted molar refractivity (Wildman–Crippen MR) is 61.9 cm³/mol. The summed E-state index contributed by atoms with van der Waals surface area (Å²) in [6, 6.07) is 2.51. The second kappa shape index (κ2) is 5.82. The average molecular weight is 283 g/mol. The Morgan fingerprint density at radius 1 is 1.60 bits per heavy atom. The summed E-state index contributed by atoms with van der Waals surface area (Å²) in [6.07, 6.45) is -0.158. The fourth-order valence-corrected chi connectivity index (χ4v) is 1.47. The number of furan rings is 1. The summed E-state index contributed by atoms with van der Waals surface area (Å²) in [5, 5.41) is 15.2. The molecular weight excluding hydrogens is 274 g/mol. The topological polar surface area (TPSA) is 124 Å². The van der Waals surface area contributed by atoms with Gasteiger partial charge in [-0.3, -0.25) is 14.9 Å². The lowest BCUT2D eigenvalue weighted by atomic mass is 10.4. The van der Waals surface area contributed by atoms with Crippen molar-refractivity contribution in [2.24, 2.45) is 5.10 Å². The zero-order chi connectivity index (χ0) is 14.5. The summed E-state index contributed by atoms with van der Waals surface area (Å²) in [6.45, 7) is 0.293. The normalized spacial score (nSPS) is 18.3. The van der Waals surface area contributed by atoms with Crippen LogP contribution in [0.2, 0.25) is 0 Å². The van der Waals surface area contributed by atoms with E-state index in [1.54, 1.807) is 0 Å². The van der Waals surface area contributed by atoms with Gasteiger partial charge < -0.3 is 13.9 Å². The summed E-state index contributed by atoms with van der Waals surface area (Å²) in [5.74, 6) is -0.301. The summed E-state index contributed by atoms with van der Waals surface area (Å²) in [4.78, 5) is 31.1. The summed E-state index contributed by atoms with van der Waals surface area (Å²) in [7, 11) is 0. The first-order chi connectivity index (χ1) is 9.60. The fraction of sp³-hybridized carbons (Fsp3) is 0.300. The summed E-state index contributed by atoms with van der Waals surface area (Å²) < 4.78 is 14.2. The summed E-state index contributed by atoms with van der Waals surface area (Å²) in [5.41, 5.74) is 0. The number of nitrogens with zero attached hydrogens (tertiary/aromatic N) is 3. The van der Waals surface area contributed by atoms with Gasteiger partial charge in [0.1, 0.15) is 11.5 Å². The zero-order valence-electron chi connectivity index (χ0n) is 10.0. The van der Waals surface area contributed by atoms with Crippen molar-refractivity contribution in [3.05, 3.63) is 28.0 Å². The van der Waals surface area contributed by atoms with Gasteiger partial charge in [-0.15, -0.1) is 0 Å². The standard InChI is InChI=1S/C10H9N3O7/c14-6-18-5-8-4-12(10(15)20-8)11-3-7-1-2-9(19-7)13(16)17/h1-3,6,8H,4-5H2. The third-order valence-electron chi connectivity index (χ3n) is 2.32.